The summed E-state index contributed by atoms with van der Waals surface area (Å²) < 4.78 is 138. The van der Waals surface area contributed by atoms with Crippen LogP contribution >= 0.6 is 33.9 Å². The molecule has 0 spiro atoms. The van der Waals surface area contributed by atoms with E-state index in [2.05, 4.69) is 20.2 Å². The van der Waals surface area contributed by atoms with E-state index in [4.69, 9.17) is 14.7 Å². The lowest BCUT2D eigenvalue weighted by atomic mass is 9.94. The van der Waals surface area contributed by atoms with Gasteiger partial charge in [0.15, 0.2) is 22.3 Å². The van der Waals surface area contributed by atoms with Gasteiger partial charge in [-0.25, -0.2) is 27.0 Å². The first-order valence-electron chi connectivity index (χ1n) is 20.6. The number of nitrogens with zero attached hydrogens (tertiary/aromatic N) is 8. The molecule has 358 valence electrons. The van der Waals surface area contributed by atoms with Crippen LogP contribution < -0.4 is 14.9 Å². The molecule has 2 N–H and O–H groups in total. The molecular weight excluding hydrogens is 1050 g/mol. The van der Waals surface area contributed by atoms with Crippen molar-refractivity contribution >= 4 is 88.2 Å². The number of rotatable bonds is 10. The minimum atomic E-state index is -5.13. The Morgan fingerprint density at radius 1 is 1.00 bits per heavy atom. The third-order valence-electron chi connectivity index (χ3n) is 11.2. The molecular formula is C42H42F7IN10O5S2. The average Bonchev–Trinajstić information content (AvgIpc) is 3.94. The number of nitrogens with one attached hydrogen (secondary N) is 2. The van der Waals surface area contributed by atoms with Crippen LogP contribution in [0.15, 0.2) is 42.5 Å². The first kappa shape index (κ1) is 48.2. The van der Waals surface area contributed by atoms with Crippen LogP contribution in [0.25, 0.3) is 32.4 Å². The largest absolute Gasteiger partial charge is 0.444 e. The summed E-state index contributed by atoms with van der Waals surface area (Å²) >= 11 is 2.77. The molecule has 8 rings (SSSR count). The molecule has 67 heavy (non-hydrogen) atoms. The Balaban J connectivity index is 1.26. The lowest BCUT2D eigenvalue weighted by molar-refractivity contribution is -0.142. The van der Waals surface area contributed by atoms with Gasteiger partial charge in [0.2, 0.25) is 15.9 Å². The van der Waals surface area contributed by atoms with Crippen molar-refractivity contribution in [1.82, 2.24) is 39.7 Å². The van der Waals surface area contributed by atoms with Gasteiger partial charge in [0, 0.05) is 71.2 Å². The maximum absolute atomic E-state index is 15.8. The van der Waals surface area contributed by atoms with Crippen molar-refractivity contribution < 1.29 is 53.5 Å². The van der Waals surface area contributed by atoms with Gasteiger partial charge in [0.25, 0.3) is 5.92 Å². The van der Waals surface area contributed by atoms with Crippen LogP contribution in [0.1, 0.15) is 65.9 Å². The second-order valence-corrected chi connectivity index (χ2v) is 21.5. The van der Waals surface area contributed by atoms with Crippen LogP contribution in [0, 0.1) is 17.6 Å². The van der Waals surface area contributed by atoms with E-state index in [0.717, 1.165) is 25.3 Å². The van der Waals surface area contributed by atoms with Crippen molar-refractivity contribution in [1.29, 1.82) is 0 Å². The molecule has 0 unspecified atom stereocenters. The van der Waals surface area contributed by atoms with Crippen molar-refractivity contribution in [2.75, 3.05) is 42.1 Å². The van der Waals surface area contributed by atoms with Gasteiger partial charge in [-0.2, -0.15) is 37.1 Å². The molecule has 6 aromatic rings. The van der Waals surface area contributed by atoms with E-state index in [9.17, 15) is 40.0 Å². The first-order chi connectivity index (χ1) is 31.2. The second kappa shape index (κ2) is 17.3. The van der Waals surface area contributed by atoms with Gasteiger partial charge in [0.05, 0.1) is 28.2 Å². The van der Waals surface area contributed by atoms with Crippen LogP contribution in [0.2, 0.25) is 0 Å². The summed E-state index contributed by atoms with van der Waals surface area (Å²) in [7, 11) is -2.25. The molecule has 1 aliphatic heterocycles. The monoisotopic (exact) mass is 1090 g/mol. The molecule has 2 amide bonds. The Morgan fingerprint density at radius 2 is 1.67 bits per heavy atom. The molecule has 0 saturated carbocycles. The minimum Gasteiger partial charge on any atom is -0.444 e. The molecule has 0 bridgehead atoms. The fourth-order valence-electron chi connectivity index (χ4n) is 8.31. The standard InChI is InChI=1S/C42H42F7IN10O5S2/c1-20-31(50)30-34(42(47,48)49)54-60(35(30)41(20,45)46)19-29(61)51-27(16-21-14-22(43)17-23(44)15-21)32-26(24-8-7-9-25-33(24)57(5)55-36(25)56-67(6,63)64)18-28-37(52-32)53-38(66-28)58-10-12-59(13-11-58)39(62)65-40(2,3)4/h7-9,14-15,17-18,20,27,31H,10-13,16,19H2,1-6H3,(H,51,61)(H,55,56)/t20-,27+,31+/m1/s1. The van der Waals surface area contributed by atoms with Gasteiger partial charge >= 0.3 is 12.3 Å². The summed E-state index contributed by atoms with van der Waals surface area (Å²) in [5.74, 6) is -8.37. The van der Waals surface area contributed by atoms with Gasteiger partial charge in [-0.05, 0) is 57.0 Å². The zero-order chi connectivity index (χ0) is 48.7. The van der Waals surface area contributed by atoms with Gasteiger partial charge < -0.3 is 19.9 Å². The van der Waals surface area contributed by atoms with E-state index in [1.54, 1.807) is 57.0 Å². The number of anilines is 2. The molecule has 2 aromatic carbocycles. The van der Waals surface area contributed by atoms with Crippen molar-refractivity contribution in [3.63, 3.8) is 0 Å². The van der Waals surface area contributed by atoms with Crippen LogP contribution in [0.3, 0.4) is 0 Å². The number of alkyl halides is 6. The highest BCUT2D eigenvalue weighted by Crippen LogP contribution is 2.58. The highest BCUT2D eigenvalue weighted by atomic mass is 127. The Hall–Kier alpha value is -5.31. The number of fused-ring (bicyclic) bond motifs is 3. The molecule has 15 nitrogen and oxygen atoms in total. The van der Waals surface area contributed by atoms with Crippen LogP contribution in [-0.4, -0.2) is 92.9 Å². The average molecular weight is 1090 g/mol. The smallest absolute Gasteiger partial charge is 0.435 e. The summed E-state index contributed by atoms with van der Waals surface area (Å²) in [5, 5.41) is 11.5. The molecule has 1 aliphatic carbocycles. The molecule has 4 aromatic heterocycles. The predicted octanol–water partition coefficient (Wildman–Crippen LogP) is 8.48. The molecule has 1 saturated heterocycles. The fraction of sp³-hybridized carbons (Fsp3) is 0.429. The quantitative estimate of drug-likeness (QED) is 0.0771. The van der Waals surface area contributed by atoms with E-state index in [0.29, 0.717) is 68.8 Å². The molecule has 5 heterocycles. The lowest BCUT2D eigenvalue weighted by Gasteiger charge is -2.35. The minimum absolute atomic E-state index is 0.00651. The van der Waals surface area contributed by atoms with E-state index < -0.39 is 90.7 Å². The SMILES string of the molecule is C[C@@H]1[C@H](I)c2c(C(F)(F)F)nn(CC(=O)N[C@@H](Cc3cc(F)cc(F)c3)c3nc4nc(N5CCN(C(=O)OC(C)(C)C)CC5)sc4cc3-c3cccc4c(NS(C)(=O)=O)nn(C)c34)c2C1(F)F. The number of benzene rings is 2. The van der Waals surface area contributed by atoms with Crippen molar-refractivity contribution in [2.45, 2.75) is 68.3 Å². The third-order valence-corrected chi connectivity index (χ3v) is 14.5. The highest BCUT2D eigenvalue weighted by molar-refractivity contribution is 14.1. The number of carbonyl (C=O) groups excluding carboxylic acids is 2. The predicted molar refractivity (Wildman–Crippen MR) is 244 cm³/mol. The number of hydrogen-bond donors (Lipinski definition) is 2. The number of amides is 2. The Bertz CT molecular complexity index is 3030. The van der Waals surface area contributed by atoms with Gasteiger partial charge in [-0.1, -0.05) is 53.0 Å². The van der Waals surface area contributed by atoms with Gasteiger partial charge in [0.1, 0.15) is 29.5 Å². The highest BCUT2D eigenvalue weighted by Gasteiger charge is 2.58. The summed E-state index contributed by atoms with van der Waals surface area (Å²) in [6.45, 7) is 6.67. The zero-order valence-corrected chi connectivity index (χ0v) is 40.3. The number of sulfonamides is 1. The van der Waals surface area contributed by atoms with Crippen LogP contribution in [0.5, 0.6) is 0 Å². The topological polar surface area (TPSA) is 169 Å². The normalized spacial score (nSPS) is 18.1. The molecule has 3 atom stereocenters. The Kier molecular flexibility index (Phi) is 12.5. The number of piperazine rings is 1. The number of para-hydroxylation sites is 1. The Labute approximate surface area is 396 Å². The molecule has 2 aliphatic rings. The van der Waals surface area contributed by atoms with E-state index in [1.165, 1.54) is 38.6 Å². The molecule has 1 fully saturated rings. The number of carbonyl (C=O) groups is 2. The van der Waals surface area contributed by atoms with Crippen LogP contribution in [0.4, 0.5) is 46.5 Å². The fourth-order valence-corrected chi connectivity index (χ4v) is 10.9. The number of aryl methyl sites for hydroxylation is 1. The van der Waals surface area contributed by atoms with Gasteiger partial charge in [-0.3, -0.25) is 18.9 Å². The maximum atomic E-state index is 15.8. The summed E-state index contributed by atoms with van der Waals surface area (Å²) in [5.41, 5.74) is -2.71. The first-order valence-corrected chi connectivity index (χ1v) is 24.6. The van der Waals surface area contributed by atoms with Crippen molar-refractivity contribution in [3.05, 3.63) is 82.3 Å². The maximum Gasteiger partial charge on any atom is 0.435 e. The van der Waals surface area contributed by atoms with E-state index >= 15 is 8.78 Å². The summed E-state index contributed by atoms with van der Waals surface area (Å²) in [4.78, 5) is 40.3. The van der Waals surface area contributed by atoms with E-state index in [1.807, 2.05) is 4.90 Å². The summed E-state index contributed by atoms with van der Waals surface area (Å²) in [6, 6.07) is 7.92. The molecule has 0 radical (unpaired) electrons. The number of aromatic nitrogens is 6. The number of ether oxygens (including phenoxy) is 1. The number of halogens is 8. The molecule has 25 heteroatoms. The summed E-state index contributed by atoms with van der Waals surface area (Å²) in [6.07, 6.45) is -5.02. The number of thiazole rings is 1. The zero-order valence-electron chi connectivity index (χ0n) is 36.5. The van der Waals surface area contributed by atoms with Crippen molar-refractivity contribution in [2.24, 2.45) is 13.0 Å². The van der Waals surface area contributed by atoms with Crippen LogP contribution in [-0.2, 0) is 51.7 Å². The van der Waals surface area contributed by atoms with Gasteiger partial charge in [-0.15, -0.1) is 0 Å². The second-order valence-electron chi connectivity index (χ2n) is 17.4. The third kappa shape index (κ3) is 9.72. The Morgan fingerprint density at radius 3 is 2.30 bits per heavy atom. The number of hydrogen-bond acceptors (Lipinski definition) is 11. The number of pyridine rings is 1. The van der Waals surface area contributed by atoms with Crippen molar-refractivity contribution in [3.8, 4) is 11.1 Å². The lowest BCUT2D eigenvalue weighted by Crippen LogP contribution is -2.50. The van der Waals surface area contributed by atoms with E-state index in [-0.39, 0.29) is 29.1 Å².